The summed E-state index contributed by atoms with van der Waals surface area (Å²) < 4.78 is 48.6. The second-order valence-corrected chi connectivity index (χ2v) is 6.28. The zero-order valence-electron chi connectivity index (χ0n) is 14.0. The van der Waals surface area contributed by atoms with Gasteiger partial charge in [-0.1, -0.05) is 11.6 Å². The van der Waals surface area contributed by atoms with Crippen LogP contribution in [0.5, 0.6) is 11.5 Å². The van der Waals surface area contributed by atoms with Gasteiger partial charge in [0, 0.05) is 18.1 Å². The summed E-state index contributed by atoms with van der Waals surface area (Å²) >= 11 is 10.8. The highest BCUT2D eigenvalue weighted by Gasteiger charge is 2.31. The molecule has 150 valence electrons. The molecule has 0 bridgehead atoms. The Kier molecular flexibility index (Phi) is 7.17. The molecular weight excluding hydrogens is 423 g/mol. The first-order valence-electron chi connectivity index (χ1n) is 7.70. The molecule has 0 unspecified atom stereocenters. The highest BCUT2D eigenvalue weighted by Crippen LogP contribution is 2.37. The number of aliphatic hydroxyl groups excluding tert-OH is 1. The summed E-state index contributed by atoms with van der Waals surface area (Å²) in [6.07, 6.45) is -4.64. The fourth-order valence-electron chi connectivity index (χ4n) is 2.20. The third kappa shape index (κ3) is 5.78. The maximum atomic E-state index is 12.7. The van der Waals surface area contributed by atoms with E-state index in [0.29, 0.717) is 0 Å². The van der Waals surface area contributed by atoms with E-state index in [1.165, 1.54) is 18.2 Å². The highest BCUT2D eigenvalue weighted by molar-refractivity contribution is 7.80. The monoisotopic (exact) mass is 435 g/mol. The van der Waals surface area contributed by atoms with Crippen molar-refractivity contribution in [3.8, 4) is 11.5 Å². The summed E-state index contributed by atoms with van der Waals surface area (Å²) in [5.41, 5.74) is -0.991. The third-order valence-electron chi connectivity index (χ3n) is 3.42. The van der Waals surface area contributed by atoms with Crippen molar-refractivity contribution >= 4 is 34.6 Å². The van der Waals surface area contributed by atoms with Crippen LogP contribution in [0.2, 0.25) is 5.02 Å². The van der Waals surface area contributed by atoms with Gasteiger partial charge in [-0.15, -0.1) is 0 Å². The van der Waals surface area contributed by atoms with Crippen molar-refractivity contribution in [1.82, 2.24) is 0 Å². The van der Waals surface area contributed by atoms with Crippen LogP contribution >= 0.6 is 23.8 Å². The van der Waals surface area contributed by atoms with Gasteiger partial charge in [-0.25, -0.2) is 0 Å². The maximum absolute atomic E-state index is 12.7. The number of alkyl halides is 3. The van der Waals surface area contributed by atoms with Crippen LogP contribution in [0.15, 0.2) is 36.4 Å². The Balaban J connectivity index is 2.28. The molecule has 2 aromatic rings. The first kappa shape index (κ1) is 21.9. The Hall–Kier alpha value is -2.43. The number of hydrogen-bond acceptors (Lipinski definition) is 6. The first-order valence-corrected chi connectivity index (χ1v) is 8.49. The molecule has 0 aromatic heterocycles. The van der Waals surface area contributed by atoms with E-state index in [1.807, 2.05) is 0 Å². The van der Waals surface area contributed by atoms with E-state index in [0.717, 1.165) is 18.2 Å². The van der Waals surface area contributed by atoms with Crippen molar-refractivity contribution in [3.05, 3.63) is 62.7 Å². The van der Waals surface area contributed by atoms with Crippen LogP contribution in [0, 0.1) is 10.1 Å². The second-order valence-electron chi connectivity index (χ2n) is 5.41. The summed E-state index contributed by atoms with van der Waals surface area (Å²) in [4.78, 5) is 10.6. The van der Waals surface area contributed by atoms with Crippen molar-refractivity contribution in [2.45, 2.75) is 12.6 Å². The molecule has 0 saturated carbocycles. The SMILES string of the molecule is O=[N+]([O-])c1ccc(Oc2ccc(C(F)(F)F)cc2Cl)cc1CC(=S)OCCO. The van der Waals surface area contributed by atoms with Gasteiger partial charge in [0.05, 0.1) is 22.1 Å². The number of rotatable bonds is 7. The molecule has 0 amide bonds. The molecule has 2 rings (SSSR count). The molecule has 1 N–H and O–H groups in total. The lowest BCUT2D eigenvalue weighted by atomic mass is 10.1. The fourth-order valence-corrected chi connectivity index (χ4v) is 2.66. The van der Waals surface area contributed by atoms with Crippen LogP contribution < -0.4 is 4.74 Å². The van der Waals surface area contributed by atoms with Crippen LogP contribution in [0.1, 0.15) is 11.1 Å². The molecule has 11 heteroatoms. The van der Waals surface area contributed by atoms with Gasteiger partial charge >= 0.3 is 6.18 Å². The molecule has 0 aliphatic rings. The van der Waals surface area contributed by atoms with E-state index in [-0.39, 0.29) is 52.5 Å². The smallest absolute Gasteiger partial charge is 0.416 e. The summed E-state index contributed by atoms with van der Waals surface area (Å²) in [5.74, 6) is 0.0702. The molecule has 6 nitrogen and oxygen atoms in total. The standard InChI is InChI=1S/C17H13ClF3NO5S/c18-13-9-11(17(19,20)21)1-4-15(13)27-12-2-3-14(22(24)25)10(7-12)8-16(28)26-6-5-23/h1-4,7,9,23H,5-6,8H2. The summed E-state index contributed by atoms with van der Waals surface area (Å²) in [5, 5.41) is 19.7. The zero-order valence-corrected chi connectivity index (χ0v) is 15.6. The molecule has 0 saturated heterocycles. The number of halogens is 4. The van der Waals surface area contributed by atoms with Crippen LogP contribution in [0.4, 0.5) is 18.9 Å². The maximum Gasteiger partial charge on any atom is 0.416 e. The minimum absolute atomic E-state index is 0.0295. The van der Waals surface area contributed by atoms with E-state index in [2.05, 4.69) is 0 Å². The molecule has 0 aliphatic carbocycles. The molecule has 0 aliphatic heterocycles. The number of aliphatic hydroxyl groups is 1. The van der Waals surface area contributed by atoms with Crippen LogP contribution in [0.25, 0.3) is 0 Å². The Morgan fingerprint density at radius 2 is 1.96 bits per heavy atom. The lowest BCUT2D eigenvalue weighted by molar-refractivity contribution is -0.385. The third-order valence-corrected chi connectivity index (χ3v) is 3.98. The number of nitro benzene ring substituents is 1. The quantitative estimate of drug-likeness (QED) is 0.377. The van der Waals surface area contributed by atoms with E-state index in [9.17, 15) is 23.3 Å². The van der Waals surface area contributed by atoms with E-state index < -0.39 is 16.7 Å². The van der Waals surface area contributed by atoms with Gasteiger partial charge in [-0.05, 0) is 42.5 Å². The highest BCUT2D eigenvalue weighted by atomic mass is 35.5. The van der Waals surface area contributed by atoms with Gasteiger partial charge in [-0.3, -0.25) is 10.1 Å². The number of ether oxygens (including phenoxy) is 2. The lowest BCUT2D eigenvalue weighted by Crippen LogP contribution is -2.10. The minimum Gasteiger partial charge on any atom is -0.484 e. The van der Waals surface area contributed by atoms with Crippen molar-refractivity contribution in [2.75, 3.05) is 13.2 Å². The normalized spacial score (nSPS) is 11.2. The van der Waals surface area contributed by atoms with Crippen LogP contribution in [0.3, 0.4) is 0 Å². The Morgan fingerprint density at radius 1 is 1.25 bits per heavy atom. The molecule has 0 atom stereocenters. The van der Waals surface area contributed by atoms with Crippen LogP contribution in [-0.2, 0) is 17.3 Å². The average Bonchev–Trinajstić information content (AvgIpc) is 2.60. The van der Waals surface area contributed by atoms with Gasteiger partial charge in [0.25, 0.3) is 5.69 Å². The molecule has 0 heterocycles. The molecule has 28 heavy (non-hydrogen) atoms. The second kappa shape index (κ2) is 9.18. The summed E-state index contributed by atoms with van der Waals surface area (Å²) in [6.45, 7) is -0.318. The Bertz CT molecular complexity index is 892. The molecular formula is C17H13ClF3NO5S. The fraction of sp³-hybridized carbons (Fsp3) is 0.235. The Labute approximate surface area is 167 Å². The lowest BCUT2D eigenvalue weighted by Gasteiger charge is -2.12. The predicted molar refractivity (Wildman–Crippen MR) is 99.0 cm³/mol. The molecule has 0 fully saturated rings. The van der Waals surface area contributed by atoms with Crippen molar-refractivity contribution in [1.29, 1.82) is 0 Å². The Morgan fingerprint density at radius 3 is 2.54 bits per heavy atom. The molecule has 0 spiro atoms. The van der Waals surface area contributed by atoms with Gasteiger partial charge in [-0.2, -0.15) is 13.2 Å². The van der Waals surface area contributed by atoms with Gasteiger partial charge in [0.1, 0.15) is 18.1 Å². The van der Waals surface area contributed by atoms with E-state index >= 15 is 0 Å². The first-order chi connectivity index (χ1) is 13.1. The van der Waals surface area contributed by atoms with Crippen molar-refractivity contribution in [3.63, 3.8) is 0 Å². The molecule has 0 radical (unpaired) electrons. The van der Waals surface area contributed by atoms with E-state index in [1.54, 1.807) is 0 Å². The number of benzene rings is 2. The largest absolute Gasteiger partial charge is 0.484 e. The summed E-state index contributed by atoms with van der Waals surface area (Å²) in [6, 6.07) is 6.37. The molecule has 2 aromatic carbocycles. The number of thiocarbonyl (C=S) groups is 1. The topological polar surface area (TPSA) is 81.8 Å². The predicted octanol–water partition coefficient (Wildman–Crippen LogP) is 4.94. The average molecular weight is 436 g/mol. The number of nitro groups is 1. The van der Waals surface area contributed by atoms with Gasteiger partial charge < -0.3 is 14.6 Å². The van der Waals surface area contributed by atoms with E-state index in [4.69, 9.17) is 38.4 Å². The minimum atomic E-state index is -4.55. The van der Waals surface area contributed by atoms with Crippen molar-refractivity contribution in [2.24, 2.45) is 0 Å². The zero-order chi connectivity index (χ0) is 20.9. The summed E-state index contributed by atoms with van der Waals surface area (Å²) in [7, 11) is 0. The van der Waals surface area contributed by atoms with Gasteiger partial charge in [0.15, 0.2) is 5.05 Å². The number of hydrogen-bond donors (Lipinski definition) is 1. The van der Waals surface area contributed by atoms with Gasteiger partial charge in [0.2, 0.25) is 0 Å². The van der Waals surface area contributed by atoms with Crippen molar-refractivity contribution < 1.29 is 32.7 Å². The van der Waals surface area contributed by atoms with Crippen LogP contribution in [-0.4, -0.2) is 28.3 Å². The number of nitrogens with zero attached hydrogens (tertiary/aromatic N) is 1.